The Morgan fingerprint density at radius 2 is 1.64 bits per heavy atom. The minimum atomic E-state index is -3.37. The van der Waals surface area contributed by atoms with E-state index in [9.17, 15) is 8.42 Å². The average molecular weight is 342 g/mol. The molecule has 0 radical (unpaired) electrons. The van der Waals surface area contributed by atoms with Crippen LogP contribution in [-0.2, 0) is 14.4 Å². The summed E-state index contributed by atoms with van der Waals surface area (Å²) in [5.74, 6) is 0. The summed E-state index contributed by atoms with van der Waals surface area (Å²) in [5, 5.41) is 0.142. The Morgan fingerprint density at radius 1 is 1.14 bits per heavy atom. The molecule has 0 spiro atoms. The third kappa shape index (κ3) is 3.45. The van der Waals surface area contributed by atoms with Crippen LogP contribution in [0.1, 0.15) is 26.3 Å². The van der Waals surface area contributed by atoms with E-state index in [0.29, 0.717) is 18.0 Å². The largest absolute Gasteiger partial charge is 0.411 e. The summed E-state index contributed by atoms with van der Waals surface area (Å²) in [6.07, 6.45) is 0.0288. The Kier molecular flexibility index (Phi) is 4.61. The lowest BCUT2D eigenvalue weighted by atomic mass is 10.2. The first kappa shape index (κ1) is 17.7. The van der Waals surface area contributed by atoms with Crippen molar-refractivity contribution in [2.24, 2.45) is 0 Å². The number of aryl methyl sites for hydroxylation is 1. The molecule has 4 nitrogen and oxygen atoms in total. The number of nitrogens with zero attached hydrogens (tertiary/aromatic N) is 1. The van der Waals surface area contributed by atoms with Gasteiger partial charge in [-0.15, -0.1) is 0 Å². The minimum Gasteiger partial charge on any atom is -0.411 e. The molecule has 0 amide bonds. The molecular weight excluding hydrogens is 314 g/mol. The molecular formula is C16H27NO3SSi. The zero-order valence-corrected chi connectivity index (χ0v) is 16.2. The molecule has 1 heterocycles. The Bertz CT molecular complexity index is 626. The predicted molar refractivity (Wildman–Crippen MR) is 92.0 cm³/mol. The maximum absolute atomic E-state index is 12.5. The Morgan fingerprint density at radius 3 is 2.09 bits per heavy atom. The van der Waals surface area contributed by atoms with Gasteiger partial charge in [-0.05, 0) is 37.2 Å². The topological polar surface area (TPSA) is 46.6 Å². The number of rotatable bonds is 4. The van der Waals surface area contributed by atoms with Crippen molar-refractivity contribution in [2.75, 3.05) is 13.1 Å². The number of hydrogen-bond acceptors (Lipinski definition) is 3. The number of benzene rings is 1. The highest BCUT2D eigenvalue weighted by Crippen LogP contribution is 2.38. The first-order valence-electron chi connectivity index (χ1n) is 7.68. The van der Waals surface area contributed by atoms with E-state index in [4.69, 9.17) is 4.43 Å². The molecule has 1 fully saturated rings. The molecule has 6 heteroatoms. The minimum absolute atomic E-state index is 0.0288. The molecule has 1 saturated heterocycles. The van der Waals surface area contributed by atoms with Crippen molar-refractivity contribution in [3.63, 3.8) is 0 Å². The summed E-state index contributed by atoms with van der Waals surface area (Å²) < 4.78 is 32.8. The summed E-state index contributed by atoms with van der Waals surface area (Å²) >= 11 is 0. The van der Waals surface area contributed by atoms with Crippen LogP contribution in [0, 0.1) is 6.92 Å². The Hall–Kier alpha value is -0.693. The SMILES string of the molecule is Cc1ccc(S(=O)(=O)N2CC(O[Si](C)(C)C(C)(C)C)C2)cc1. The second kappa shape index (κ2) is 5.74. The van der Waals surface area contributed by atoms with E-state index >= 15 is 0 Å². The van der Waals surface area contributed by atoms with Crippen molar-refractivity contribution >= 4 is 18.3 Å². The molecule has 0 bridgehead atoms. The van der Waals surface area contributed by atoms with Gasteiger partial charge in [0.05, 0.1) is 11.0 Å². The molecule has 2 rings (SSSR count). The number of sulfonamides is 1. The smallest absolute Gasteiger partial charge is 0.243 e. The highest BCUT2D eigenvalue weighted by molar-refractivity contribution is 7.89. The number of hydrogen-bond donors (Lipinski definition) is 0. The highest BCUT2D eigenvalue weighted by Gasteiger charge is 2.44. The third-order valence-electron chi connectivity index (χ3n) is 4.74. The van der Waals surface area contributed by atoms with Crippen LogP contribution in [0.3, 0.4) is 0 Å². The second-order valence-electron chi connectivity index (χ2n) is 7.64. The van der Waals surface area contributed by atoms with Gasteiger partial charge in [-0.2, -0.15) is 4.31 Å². The highest BCUT2D eigenvalue weighted by atomic mass is 32.2. The fraction of sp³-hybridized carbons (Fsp3) is 0.625. The van der Waals surface area contributed by atoms with E-state index in [-0.39, 0.29) is 11.1 Å². The van der Waals surface area contributed by atoms with Crippen molar-refractivity contribution < 1.29 is 12.8 Å². The quantitative estimate of drug-likeness (QED) is 0.789. The van der Waals surface area contributed by atoms with Gasteiger partial charge >= 0.3 is 0 Å². The van der Waals surface area contributed by atoms with Gasteiger partial charge in [-0.1, -0.05) is 38.5 Å². The lowest BCUT2D eigenvalue weighted by Gasteiger charge is -2.45. The van der Waals surface area contributed by atoms with E-state index < -0.39 is 18.3 Å². The molecule has 0 atom stereocenters. The van der Waals surface area contributed by atoms with Crippen molar-refractivity contribution in [3.05, 3.63) is 29.8 Å². The lowest BCUT2D eigenvalue weighted by Crippen LogP contribution is -2.59. The van der Waals surface area contributed by atoms with Crippen molar-refractivity contribution in [1.82, 2.24) is 4.31 Å². The Labute approximate surface area is 135 Å². The molecule has 0 saturated carbocycles. The van der Waals surface area contributed by atoms with Crippen molar-refractivity contribution in [1.29, 1.82) is 0 Å². The molecule has 1 aromatic rings. The molecule has 0 aromatic heterocycles. The summed E-state index contributed by atoms with van der Waals surface area (Å²) in [6, 6.07) is 7.01. The molecule has 1 aromatic carbocycles. The van der Waals surface area contributed by atoms with Gasteiger partial charge in [-0.3, -0.25) is 0 Å². The average Bonchev–Trinajstić information content (AvgIpc) is 2.32. The van der Waals surface area contributed by atoms with Crippen LogP contribution in [0.2, 0.25) is 18.1 Å². The van der Waals surface area contributed by atoms with Crippen molar-refractivity contribution in [2.45, 2.75) is 56.8 Å². The van der Waals surface area contributed by atoms with Crippen LogP contribution in [0.25, 0.3) is 0 Å². The van der Waals surface area contributed by atoms with Crippen LogP contribution in [0.4, 0.5) is 0 Å². The fourth-order valence-electron chi connectivity index (χ4n) is 2.12. The van der Waals surface area contributed by atoms with E-state index in [0.717, 1.165) is 5.56 Å². The van der Waals surface area contributed by atoms with Crippen LogP contribution in [0.15, 0.2) is 29.2 Å². The molecule has 0 aliphatic carbocycles. The van der Waals surface area contributed by atoms with Crippen LogP contribution in [0.5, 0.6) is 0 Å². The predicted octanol–water partition coefficient (Wildman–Crippen LogP) is 3.39. The fourth-order valence-corrected chi connectivity index (χ4v) is 4.96. The standard InChI is InChI=1S/C16H27NO3SSi/c1-13-7-9-15(10-8-13)21(18,19)17-11-14(12-17)20-22(5,6)16(2,3)4/h7-10,14H,11-12H2,1-6H3. The monoisotopic (exact) mass is 341 g/mol. The Balaban J connectivity index is 2.00. The van der Waals surface area contributed by atoms with E-state index in [1.807, 2.05) is 19.1 Å². The van der Waals surface area contributed by atoms with Gasteiger partial charge in [0.1, 0.15) is 0 Å². The maximum atomic E-state index is 12.5. The third-order valence-corrected chi connectivity index (χ3v) is 11.1. The molecule has 22 heavy (non-hydrogen) atoms. The summed E-state index contributed by atoms with van der Waals surface area (Å²) in [5.41, 5.74) is 1.06. The van der Waals surface area contributed by atoms with Gasteiger partial charge < -0.3 is 4.43 Å². The van der Waals surface area contributed by atoms with Gasteiger partial charge in [0.2, 0.25) is 10.0 Å². The van der Waals surface area contributed by atoms with Crippen molar-refractivity contribution in [3.8, 4) is 0 Å². The van der Waals surface area contributed by atoms with E-state index in [2.05, 4.69) is 33.9 Å². The van der Waals surface area contributed by atoms with Crippen LogP contribution >= 0.6 is 0 Å². The summed E-state index contributed by atoms with van der Waals surface area (Å²) in [4.78, 5) is 0.365. The van der Waals surface area contributed by atoms with E-state index in [1.54, 1.807) is 12.1 Å². The van der Waals surface area contributed by atoms with Gasteiger partial charge in [-0.25, -0.2) is 8.42 Å². The first-order valence-corrected chi connectivity index (χ1v) is 12.0. The van der Waals surface area contributed by atoms with Gasteiger partial charge in [0, 0.05) is 13.1 Å². The summed E-state index contributed by atoms with van der Waals surface area (Å²) in [7, 11) is -5.21. The lowest BCUT2D eigenvalue weighted by molar-refractivity contribution is 0.0639. The zero-order valence-electron chi connectivity index (χ0n) is 14.4. The molecule has 1 aliphatic heterocycles. The van der Waals surface area contributed by atoms with Crippen LogP contribution < -0.4 is 0 Å². The molecule has 0 unspecified atom stereocenters. The zero-order chi connectivity index (χ0) is 16.8. The van der Waals surface area contributed by atoms with E-state index in [1.165, 1.54) is 4.31 Å². The maximum Gasteiger partial charge on any atom is 0.243 e. The van der Waals surface area contributed by atoms with Gasteiger partial charge in [0.25, 0.3) is 0 Å². The molecule has 1 aliphatic rings. The summed E-state index contributed by atoms with van der Waals surface area (Å²) in [6.45, 7) is 13.8. The molecule has 0 N–H and O–H groups in total. The normalized spacial score (nSPS) is 18.3. The second-order valence-corrected chi connectivity index (χ2v) is 14.3. The first-order chi connectivity index (χ1) is 9.93. The molecule has 124 valence electrons. The van der Waals surface area contributed by atoms with Gasteiger partial charge in [0.15, 0.2) is 8.32 Å². The van der Waals surface area contributed by atoms with Crippen LogP contribution in [-0.4, -0.2) is 40.2 Å².